The van der Waals surface area contributed by atoms with Crippen LogP contribution in [0.5, 0.6) is 5.75 Å². The highest BCUT2D eigenvalue weighted by Crippen LogP contribution is 2.16. The Bertz CT molecular complexity index is 844. The van der Waals surface area contributed by atoms with E-state index < -0.39 is 0 Å². The number of methoxy groups -OCH3 is 1. The molecule has 3 aromatic rings. The Kier molecular flexibility index (Phi) is 6.22. The van der Waals surface area contributed by atoms with E-state index in [-0.39, 0.29) is 0 Å². The fourth-order valence-corrected chi connectivity index (χ4v) is 3.25. The first-order chi connectivity index (χ1) is 12.7. The molecule has 0 radical (unpaired) electrons. The maximum absolute atomic E-state index is 5.95. The van der Waals surface area contributed by atoms with Crippen molar-refractivity contribution in [1.82, 2.24) is 4.98 Å². The molecule has 0 amide bonds. The zero-order valence-corrected chi connectivity index (χ0v) is 15.5. The van der Waals surface area contributed by atoms with E-state index in [0.29, 0.717) is 12.5 Å². The number of aryl methyl sites for hydroxylation is 2. The molecular weight excluding hydrogens is 344 g/mol. The third-order valence-electron chi connectivity index (χ3n) is 3.84. The van der Waals surface area contributed by atoms with Crippen molar-refractivity contribution in [2.24, 2.45) is 10.7 Å². The van der Waals surface area contributed by atoms with Crippen molar-refractivity contribution in [2.75, 3.05) is 12.4 Å². The number of nitrogens with two attached hydrogens (primary N) is 1. The van der Waals surface area contributed by atoms with Crippen molar-refractivity contribution in [2.45, 2.75) is 19.4 Å². The number of aliphatic imine (C=N–C) groups is 1. The van der Waals surface area contributed by atoms with Gasteiger partial charge in [-0.05, 0) is 36.2 Å². The number of hydrogen-bond donors (Lipinski definition) is 2. The van der Waals surface area contributed by atoms with E-state index in [2.05, 4.69) is 39.6 Å². The standard InChI is InChI=1S/C20H22N4OS/c1-25-18-10-8-16(9-11-18)24-20(21)22-13-17-14-26-19(23-17)12-7-15-5-3-2-4-6-15/h2-6,8-11,14H,7,12-13H2,1H3,(H3,21,22,24). The Labute approximate surface area is 157 Å². The van der Waals surface area contributed by atoms with Gasteiger partial charge in [-0.1, -0.05) is 30.3 Å². The van der Waals surface area contributed by atoms with Crippen LogP contribution in [0.2, 0.25) is 0 Å². The van der Waals surface area contributed by atoms with E-state index in [4.69, 9.17) is 10.5 Å². The first-order valence-corrected chi connectivity index (χ1v) is 9.29. The normalized spacial score (nSPS) is 11.3. The first-order valence-electron chi connectivity index (χ1n) is 8.41. The van der Waals surface area contributed by atoms with Crippen LogP contribution >= 0.6 is 11.3 Å². The van der Waals surface area contributed by atoms with Gasteiger partial charge in [-0.2, -0.15) is 0 Å². The molecular formula is C20H22N4OS. The summed E-state index contributed by atoms with van der Waals surface area (Å²) in [6, 6.07) is 18.0. The molecule has 0 aliphatic heterocycles. The minimum Gasteiger partial charge on any atom is -0.497 e. The van der Waals surface area contributed by atoms with Gasteiger partial charge in [-0.15, -0.1) is 11.3 Å². The van der Waals surface area contributed by atoms with Gasteiger partial charge in [0, 0.05) is 17.5 Å². The molecule has 0 bridgehead atoms. The average molecular weight is 366 g/mol. The van der Waals surface area contributed by atoms with E-state index >= 15 is 0 Å². The molecule has 6 heteroatoms. The topological polar surface area (TPSA) is 72.5 Å². The predicted molar refractivity (Wildman–Crippen MR) is 108 cm³/mol. The Morgan fingerprint density at radius 2 is 1.88 bits per heavy atom. The molecule has 0 unspecified atom stereocenters. The number of ether oxygens (including phenoxy) is 1. The number of rotatable bonds is 7. The molecule has 26 heavy (non-hydrogen) atoms. The number of aromatic nitrogens is 1. The van der Waals surface area contributed by atoms with Gasteiger partial charge >= 0.3 is 0 Å². The summed E-state index contributed by atoms with van der Waals surface area (Å²) in [6.45, 7) is 0.469. The van der Waals surface area contributed by atoms with Crippen molar-refractivity contribution in [3.63, 3.8) is 0 Å². The number of thiazole rings is 1. The Balaban J connectivity index is 1.50. The summed E-state index contributed by atoms with van der Waals surface area (Å²) in [5, 5.41) is 6.24. The molecule has 0 saturated carbocycles. The molecule has 0 spiro atoms. The maximum atomic E-state index is 5.95. The molecule has 0 aliphatic carbocycles. The summed E-state index contributed by atoms with van der Waals surface area (Å²) in [6.07, 6.45) is 1.94. The third kappa shape index (κ3) is 5.32. The monoisotopic (exact) mass is 366 g/mol. The van der Waals surface area contributed by atoms with Gasteiger partial charge in [0.25, 0.3) is 0 Å². The summed E-state index contributed by atoms with van der Waals surface area (Å²) < 4.78 is 5.13. The predicted octanol–water partition coefficient (Wildman–Crippen LogP) is 3.86. The van der Waals surface area contributed by atoms with Gasteiger partial charge in [0.1, 0.15) is 5.75 Å². The van der Waals surface area contributed by atoms with Crippen LogP contribution in [0.4, 0.5) is 5.69 Å². The Morgan fingerprint density at radius 3 is 2.62 bits per heavy atom. The van der Waals surface area contributed by atoms with Crippen LogP contribution in [0.15, 0.2) is 65.0 Å². The Hall–Kier alpha value is -2.86. The van der Waals surface area contributed by atoms with Crippen LogP contribution in [0, 0.1) is 0 Å². The second-order valence-corrected chi connectivity index (χ2v) is 6.72. The zero-order valence-electron chi connectivity index (χ0n) is 14.7. The highest BCUT2D eigenvalue weighted by molar-refractivity contribution is 7.09. The molecule has 0 aliphatic rings. The summed E-state index contributed by atoms with van der Waals surface area (Å²) in [5.74, 6) is 1.17. The Morgan fingerprint density at radius 1 is 1.12 bits per heavy atom. The molecule has 0 saturated heterocycles. The second-order valence-electron chi connectivity index (χ2n) is 5.77. The quantitative estimate of drug-likeness (QED) is 0.492. The number of hydrogen-bond acceptors (Lipinski definition) is 4. The molecule has 3 N–H and O–H groups in total. The lowest BCUT2D eigenvalue weighted by Gasteiger charge is -2.06. The number of nitrogens with zero attached hydrogens (tertiary/aromatic N) is 2. The van der Waals surface area contributed by atoms with Crippen LogP contribution in [-0.4, -0.2) is 18.1 Å². The smallest absolute Gasteiger partial charge is 0.193 e. The second kappa shape index (κ2) is 9.01. The van der Waals surface area contributed by atoms with E-state index in [1.54, 1.807) is 18.4 Å². The highest BCUT2D eigenvalue weighted by atomic mass is 32.1. The lowest BCUT2D eigenvalue weighted by molar-refractivity contribution is 0.415. The minimum atomic E-state index is 0.369. The van der Waals surface area contributed by atoms with E-state index in [0.717, 1.165) is 35.0 Å². The molecule has 1 aromatic heterocycles. The van der Waals surface area contributed by atoms with Gasteiger partial charge in [0.2, 0.25) is 0 Å². The van der Waals surface area contributed by atoms with Crippen LogP contribution in [0.25, 0.3) is 0 Å². The zero-order chi connectivity index (χ0) is 18.2. The summed E-state index contributed by atoms with van der Waals surface area (Å²) in [5.41, 5.74) is 9.09. The van der Waals surface area contributed by atoms with Gasteiger partial charge in [-0.3, -0.25) is 0 Å². The van der Waals surface area contributed by atoms with Gasteiger partial charge in [0.15, 0.2) is 5.96 Å². The SMILES string of the molecule is COc1ccc(NC(N)=NCc2csc(CCc3ccccc3)n2)cc1. The molecule has 0 atom stereocenters. The van der Waals surface area contributed by atoms with Crippen molar-refractivity contribution >= 4 is 23.0 Å². The molecule has 0 fully saturated rings. The molecule has 2 aromatic carbocycles. The summed E-state index contributed by atoms with van der Waals surface area (Å²) in [4.78, 5) is 9.00. The van der Waals surface area contributed by atoms with E-state index in [9.17, 15) is 0 Å². The van der Waals surface area contributed by atoms with Crippen molar-refractivity contribution < 1.29 is 4.74 Å². The largest absolute Gasteiger partial charge is 0.497 e. The molecule has 1 heterocycles. The molecule has 134 valence electrons. The number of nitrogens with one attached hydrogen (secondary N) is 1. The van der Waals surface area contributed by atoms with Crippen molar-refractivity contribution in [1.29, 1.82) is 0 Å². The summed E-state index contributed by atoms with van der Waals surface area (Å²) in [7, 11) is 1.64. The minimum absolute atomic E-state index is 0.369. The number of anilines is 1. The number of benzene rings is 2. The van der Waals surface area contributed by atoms with Crippen molar-refractivity contribution in [3.05, 3.63) is 76.2 Å². The average Bonchev–Trinajstić information content (AvgIpc) is 3.14. The highest BCUT2D eigenvalue weighted by Gasteiger charge is 2.03. The third-order valence-corrected chi connectivity index (χ3v) is 4.80. The molecule has 3 rings (SSSR count). The van der Waals surface area contributed by atoms with E-state index in [1.807, 2.05) is 35.7 Å². The first kappa shape index (κ1) is 17.9. The van der Waals surface area contributed by atoms with Crippen LogP contribution in [0.1, 0.15) is 16.3 Å². The summed E-state index contributed by atoms with van der Waals surface area (Å²) >= 11 is 1.67. The fraction of sp³-hybridized carbons (Fsp3) is 0.200. The van der Waals surface area contributed by atoms with Crippen molar-refractivity contribution in [3.8, 4) is 5.75 Å². The van der Waals surface area contributed by atoms with Crippen LogP contribution in [0.3, 0.4) is 0 Å². The maximum Gasteiger partial charge on any atom is 0.193 e. The molecule has 5 nitrogen and oxygen atoms in total. The van der Waals surface area contributed by atoms with Gasteiger partial charge in [-0.25, -0.2) is 9.98 Å². The lowest BCUT2D eigenvalue weighted by Crippen LogP contribution is -2.22. The lowest BCUT2D eigenvalue weighted by atomic mass is 10.1. The fourth-order valence-electron chi connectivity index (χ4n) is 2.46. The number of guanidine groups is 1. The van der Waals surface area contributed by atoms with Crippen LogP contribution in [-0.2, 0) is 19.4 Å². The van der Waals surface area contributed by atoms with Gasteiger partial charge < -0.3 is 15.8 Å². The van der Waals surface area contributed by atoms with Gasteiger partial charge in [0.05, 0.1) is 24.4 Å². The van der Waals surface area contributed by atoms with E-state index in [1.165, 1.54) is 5.56 Å². The van der Waals surface area contributed by atoms with Crippen LogP contribution < -0.4 is 15.8 Å².